The van der Waals surface area contributed by atoms with Crippen molar-refractivity contribution in [3.05, 3.63) is 58.3 Å². The van der Waals surface area contributed by atoms with Crippen LogP contribution in [0.2, 0.25) is 0 Å². The molecule has 0 spiro atoms. The number of carbonyl (C=O) groups is 1. The van der Waals surface area contributed by atoms with Crippen LogP contribution in [-0.4, -0.2) is 23.0 Å². The summed E-state index contributed by atoms with van der Waals surface area (Å²) in [6.07, 6.45) is 0. The monoisotopic (exact) mass is 335 g/mol. The molecule has 128 valence electrons. The van der Waals surface area contributed by atoms with Crippen LogP contribution in [0.4, 0.5) is 5.69 Å². The van der Waals surface area contributed by atoms with Crippen LogP contribution in [0, 0.1) is 27.7 Å². The molecule has 3 rings (SSSR count). The van der Waals surface area contributed by atoms with E-state index >= 15 is 0 Å². The minimum atomic E-state index is -0.332. The standard InChI is InChI=1S/C20H21N3O2/c1-11-7-6-8-12(2)17(11)23-19(24)18-20(25-5)22-16-10-14(4)13(3)9-15(16)21-18/h6-10H,1-5H3,(H,23,24). The second-order valence-electron chi connectivity index (χ2n) is 6.23. The zero-order valence-corrected chi connectivity index (χ0v) is 15.1. The summed E-state index contributed by atoms with van der Waals surface area (Å²) in [7, 11) is 1.49. The minimum absolute atomic E-state index is 0.181. The number of hydrogen-bond acceptors (Lipinski definition) is 4. The predicted octanol–water partition coefficient (Wildman–Crippen LogP) is 4.12. The van der Waals surface area contributed by atoms with Gasteiger partial charge in [0.1, 0.15) is 0 Å². The zero-order valence-electron chi connectivity index (χ0n) is 15.1. The third-order valence-corrected chi connectivity index (χ3v) is 4.38. The summed E-state index contributed by atoms with van der Waals surface area (Å²) in [5.74, 6) is -0.110. The van der Waals surface area contributed by atoms with Gasteiger partial charge in [-0.15, -0.1) is 0 Å². The van der Waals surface area contributed by atoms with E-state index in [1.165, 1.54) is 7.11 Å². The van der Waals surface area contributed by atoms with E-state index in [1.54, 1.807) is 0 Å². The van der Waals surface area contributed by atoms with E-state index in [9.17, 15) is 4.79 Å². The molecule has 0 aliphatic rings. The van der Waals surface area contributed by atoms with Crippen molar-refractivity contribution >= 4 is 22.6 Å². The van der Waals surface area contributed by atoms with Crippen LogP contribution in [0.1, 0.15) is 32.7 Å². The Labute approximate surface area is 147 Å². The number of amides is 1. The molecule has 1 aromatic heterocycles. The third kappa shape index (κ3) is 3.18. The molecular formula is C20H21N3O2. The van der Waals surface area contributed by atoms with Crippen molar-refractivity contribution < 1.29 is 9.53 Å². The number of aryl methyl sites for hydroxylation is 4. The van der Waals surface area contributed by atoms with Gasteiger partial charge in [0.05, 0.1) is 18.1 Å². The van der Waals surface area contributed by atoms with Crippen LogP contribution in [0.5, 0.6) is 5.88 Å². The van der Waals surface area contributed by atoms with E-state index < -0.39 is 0 Å². The topological polar surface area (TPSA) is 64.1 Å². The maximum Gasteiger partial charge on any atom is 0.279 e. The van der Waals surface area contributed by atoms with Crippen LogP contribution in [-0.2, 0) is 0 Å². The summed E-state index contributed by atoms with van der Waals surface area (Å²) in [6.45, 7) is 7.94. The highest BCUT2D eigenvalue weighted by Gasteiger charge is 2.19. The van der Waals surface area contributed by atoms with Gasteiger partial charge in [0.25, 0.3) is 5.91 Å². The fraction of sp³-hybridized carbons (Fsp3) is 0.250. The maximum atomic E-state index is 12.8. The molecule has 0 radical (unpaired) electrons. The minimum Gasteiger partial charge on any atom is -0.479 e. The highest BCUT2D eigenvalue weighted by molar-refractivity contribution is 6.06. The number of anilines is 1. The lowest BCUT2D eigenvalue weighted by Crippen LogP contribution is -2.17. The van der Waals surface area contributed by atoms with E-state index in [0.29, 0.717) is 11.0 Å². The molecule has 5 nitrogen and oxygen atoms in total. The average Bonchev–Trinajstić information content (AvgIpc) is 2.58. The number of ether oxygens (including phenoxy) is 1. The van der Waals surface area contributed by atoms with Gasteiger partial charge in [-0.05, 0) is 62.1 Å². The van der Waals surface area contributed by atoms with Gasteiger partial charge in [0.15, 0.2) is 5.69 Å². The first-order valence-corrected chi connectivity index (χ1v) is 8.11. The molecule has 3 aromatic rings. The highest BCUT2D eigenvalue weighted by atomic mass is 16.5. The Morgan fingerprint density at radius 3 is 2.04 bits per heavy atom. The van der Waals surface area contributed by atoms with E-state index in [-0.39, 0.29) is 17.5 Å². The van der Waals surface area contributed by atoms with Crippen molar-refractivity contribution in [2.45, 2.75) is 27.7 Å². The lowest BCUT2D eigenvalue weighted by Gasteiger charge is -2.13. The van der Waals surface area contributed by atoms with Gasteiger partial charge in [-0.3, -0.25) is 4.79 Å². The molecule has 1 heterocycles. The molecule has 0 unspecified atom stereocenters. The number of aromatic nitrogens is 2. The van der Waals surface area contributed by atoms with E-state index in [0.717, 1.165) is 27.9 Å². The highest BCUT2D eigenvalue weighted by Crippen LogP contribution is 2.24. The molecule has 0 saturated heterocycles. The SMILES string of the molecule is COc1nc2cc(C)c(C)cc2nc1C(=O)Nc1c(C)cccc1C. The first-order valence-electron chi connectivity index (χ1n) is 8.11. The Morgan fingerprint density at radius 1 is 0.920 bits per heavy atom. The number of nitrogens with zero attached hydrogens (tertiary/aromatic N) is 2. The first kappa shape index (κ1) is 16.9. The number of para-hydroxylation sites is 1. The first-order chi connectivity index (χ1) is 11.9. The summed E-state index contributed by atoms with van der Waals surface area (Å²) in [4.78, 5) is 21.8. The molecule has 0 atom stereocenters. The van der Waals surface area contributed by atoms with Crippen LogP contribution in [0.25, 0.3) is 11.0 Å². The molecule has 0 aliphatic heterocycles. The van der Waals surface area contributed by atoms with Gasteiger partial charge in [-0.25, -0.2) is 9.97 Å². The van der Waals surface area contributed by atoms with Crippen molar-refractivity contribution in [3.8, 4) is 5.88 Å². The van der Waals surface area contributed by atoms with Crippen molar-refractivity contribution in [2.75, 3.05) is 12.4 Å². The predicted molar refractivity (Wildman–Crippen MR) is 99.4 cm³/mol. The normalized spacial score (nSPS) is 10.8. The molecule has 1 amide bonds. The number of nitrogens with one attached hydrogen (secondary N) is 1. The maximum absolute atomic E-state index is 12.8. The summed E-state index contributed by atoms with van der Waals surface area (Å²) in [5, 5.41) is 2.94. The fourth-order valence-electron chi connectivity index (χ4n) is 2.77. The van der Waals surface area contributed by atoms with E-state index in [1.807, 2.05) is 58.0 Å². The molecular weight excluding hydrogens is 314 g/mol. The van der Waals surface area contributed by atoms with Gasteiger partial charge >= 0.3 is 0 Å². The zero-order chi connectivity index (χ0) is 18.1. The number of methoxy groups -OCH3 is 1. The van der Waals surface area contributed by atoms with Gasteiger partial charge in [0, 0.05) is 5.69 Å². The Kier molecular flexibility index (Phi) is 4.40. The largest absolute Gasteiger partial charge is 0.479 e. The summed E-state index contributed by atoms with van der Waals surface area (Å²) in [6, 6.07) is 9.76. The number of fused-ring (bicyclic) bond motifs is 1. The Balaban J connectivity index is 2.07. The Bertz CT molecular complexity index is 960. The molecule has 2 aromatic carbocycles. The van der Waals surface area contributed by atoms with Gasteiger partial charge < -0.3 is 10.1 Å². The second kappa shape index (κ2) is 6.51. The number of benzene rings is 2. The van der Waals surface area contributed by atoms with Crippen LogP contribution < -0.4 is 10.1 Å². The van der Waals surface area contributed by atoms with Crippen molar-refractivity contribution in [1.82, 2.24) is 9.97 Å². The summed E-state index contributed by atoms with van der Waals surface area (Å²) in [5.41, 5.74) is 6.57. The number of rotatable bonds is 3. The average molecular weight is 335 g/mol. The van der Waals surface area contributed by atoms with Crippen LogP contribution in [0.3, 0.4) is 0 Å². The molecule has 1 N–H and O–H groups in total. The Morgan fingerprint density at radius 2 is 1.48 bits per heavy atom. The van der Waals surface area contributed by atoms with Gasteiger partial charge in [0.2, 0.25) is 5.88 Å². The summed E-state index contributed by atoms with van der Waals surface area (Å²) < 4.78 is 5.31. The molecule has 0 bridgehead atoms. The van der Waals surface area contributed by atoms with Crippen molar-refractivity contribution in [3.63, 3.8) is 0 Å². The lowest BCUT2D eigenvalue weighted by atomic mass is 10.1. The number of carbonyl (C=O) groups excluding carboxylic acids is 1. The van der Waals surface area contributed by atoms with Gasteiger partial charge in [-0.2, -0.15) is 0 Å². The molecule has 0 aliphatic carbocycles. The number of hydrogen-bond donors (Lipinski definition) is 1. The van der Waals surface area contributed by atoms with Crippen LogP contribution in [0.15, 0.2) is 30.3 Å². The Hall–Kier alpha value is -2.95. The van der Waals surface area contributed by atoms with Gasteiger partial charge in [-0.1, -0.05) is 18.2 Å². The van der Waals surface area contributed by atoms with Crippen molar-refractivity contribution in [1.29, 1.82) is 0 Å². The lowest BCUT2D eigenvalue weighted by molar-refractivity contribution is 0.101. The molecule has 0 saturated carbocycles. The van der Waals surface area contributed by atoms with E-state index in [4.69, 9.17) is 4.74 Å². The summed E-state index contributed by atoms with van der Waals surface area (Å²) >= 11 is 0. The van der Waals surface area contributed by atoms with E-state index in [2.05, 4.69) is 15.3 Å². The fourth-order valence-corrected chi connectivity index (χ4v) is 2.77. The quantitative estimate of drug-likeness (QED) is 0.782. The van der Waals surface area contributed by atoms with Crippen molar-refractivity contribution in [2.24, 2.45) is 0 Å². The smallest absolute Gasteiger partial charge is 0.279 e. The molecule has 0 fully saturated rings. The molecule has 25 heavy (non-hydrogen) atoms. The van der Waals surface area contributed by atoms with Crippen LogP contribution >= 0.6 is 0 Å². The third-order valence-electron chi connectivity index (χ3n) is 4.38. The second-order valence-corrected chi connectivity index (χ2v) is 6.23. The molecule has 5 heteroatoms.